The number of benzene rings is 2. The molecule has 0 bridgehead atoms. The highest BCUT2D eigenvalue weighted by atomic mass is 16.5. The summed E-state index contributed by atoms with van der Waals surface area (Å²) in [6, 6.07) is 14.6. The van der Waals surface area contributed by atoms with Crippen LogP contribution in [0.25, 0.3) is 11.1 Å². The van der Waals surface area contributed by atoms with E-state index in [9.17, 15) is 9.90 Å². The SMILES string of the molecule is COc1cc2c(c(OC)c1OC)-c1ccc(OC)c(=O)cc1C([NH+](C)Cc1ccccc1O)CC2. The third kappa shape index (κ3) is 4.51. The molecule has 0 radical (unpaired) electrons. The molecule has 2 N–H and O–H groups in total. The molecule has 0 saturated heterocycles. The van der Waals surface area contributed by atoms with Crippen LogP contribution < -0.4 is 29.3 Å². The molecule has 3 aromatic carbocycles. The topological polar surface area (TPSA) is 78.7 Å². The summed E-state index contributed by atoms with van der Waals surface area (Å²) in [4.78, 5) is 14.2. The van der Waals surface area contributed by atoms with E-state index < -0.39 is 0 Å². The van der Waals surface area contributed by atoms with E-state index in [0.29, 0.717) is 23.8 Å². The lowest BCUT2D eigenvalue weighted by molar-refractivity contribution is -0.926. The summed E-state index contributed by atoms with van der Waals surface area (Å²) in [7, 11) is 8.39. The second-order valence-electron chi connectivity index (χ2n) is 8.70. The van der Waals surface area contributed by atoms with Crippen molar-refractivity contribution in [2.45, 2.75) is 25.4 Å². The van der Waals surface area contributed by atoms with Gasteiger partial charge in [0, 0.05) is 23.1 Å². The summed E-state index contributed by atoms with van der Waals surface area (Å²) in [6.07, 6.45) is 1.53. The molecule has 0 saturated carbocycles. The van der Waals surface area contributed by atoms with E-state index in [-0.39, 0.29) is 23.0 Å². The minimum absolute atomic E-state index is 0.0245. The van der Waals surface area contributed by atoms with Crippen molar-refractivity contribution in [2.24, 2.45) is 0 Å². The number of quaternary nitrogens is 1. The van der Waals surface area contributed by atoms with Gasteiger partial charge in [-0.1, -0.05) is 12.1 Å². The third-order valence-corrected chi connectivity index (χ3v) is 6.78. The number of rotatable bonds is 7. The molecule has 7 nitrogen and oxygen atoms in total. The van der Waals surface area contributed by atoms with Gasteiger partial charge < -0.3 is 29.0 Å². The maximum absolute atomic E-state index is 13.1. The van der Waals surface area contributed by atoms with E-state index in [2.05, 4.69) is 7.05 Å². The number of ether oxygens (including phenoxy) is 4. The molecule has 1 aliphatic rings. The number of hydrogen-bond donors (Lipinski definition) is 2. The number of aromatic hydroxyl groups is 1. The Kier molecular flexibility index (Phi) is 7.17. The summed E-state index contributed by atoms with van der Waals surface area (Å²) in [5, 5.41) is 10.4. The molecule has 3 aromatic rings. The maximum atomic E-state index is 13.1. The van der Waals surface area contributed by atoms with Crippen LogP contribution in [0.15, 0.2) is 53.3 Å². The molecule has 0 amide bonds. The molecule has 1 aliphatic carbocycles. The van der Waals surface area contributed by atoms with Gasteiger partial charge in [0.15, 0.2) is 17.2 Å². The molecular formula is C28H32NO6+. The van der Waals surface area contributed by atoms with Crippen LogP contribution in [-0.2, 0) is 13.0 Å². The lowest BCUT2D eigenvalue weighted by Crippen LogP contribution is -3.08. The average molecular weight is 479 g/mol. The molecule has 0 aromatic heterocycles. The number of fused-ring (bicyclic) bond motifs is 3. The Morgan fingerprint density at radius 2 is 1.63 bits per heavy atom. The Morgan fingerprint density at radius 3 is 2.29 bits per heavy atom. The highest BCUT2D eigenvalue weighted by molar-refractivity contribution is 5.82. The number of methoxy groups -OCH3 is 4. The van der Waals surface area contributed by atoms with E-state index >= 15 is 0 Å². The number of phenolic OH excluding ortho intramolecular Hbond substituents is 1. The van der Waals surface area contributed by atoms with Crippen LogP contribution in [-0.4, -0.2) is 40.6 Å². The van der Waals surface area contributed by atoms with Gasteiger partial charge in [-0.25, -0.2) is 0 Å². The first kappa shape index (κ1) is 24.4. The summed E-state index contributed by atoms with van der Waals surface area (Å²) in [5.41, 5.74) is 4.39. The largest absolute Gasteiger partial charge is 0.507 e. The van der Waals surface area contributed by atoms with Crippen LogP contribution in [0.3, 0.4) is 0 Å². The number of nitrogens with one attached hydrogen (secondary N) is 1. The van der Waals surface area contributed by atoms with E-state index in [0.717, 1.165) is 45.6 Å². The predicted octanol–water partition coefficient (Wildman–Crippen LogP) is 3.16. The third-order valence-electron chi connectivity index (χ3n) is 6.78. The van der Waals surface area contributed by atoms with Crippen molar-refractivity contribution in [1.29, 1.82) is 0 Å². The first-order valence-electron chi connectivity index (χ1n) is 11.6. The molecule has 7 heteroatoms. The molecule has 0 spiro atoms. The van der Waals surface area contributed by atoms with E-state index in [1.54, 1.807) is 39.5 Å². The van der Waals surface area contributed by atoms with Gasteiger partial charge in [0.1, 0.15) is 18.3 Å². The fourth-order valence-corrected chi connectivity index (χ4v) is 5.06. The van der Waals surface area contributed by atoms with Crippen LogP contribution in [0.5, 0.6) is 28.7 Å². The van der Waals surface area contributed by atoms with Crippen LogP contribution >= 0.6 is 0 Å². The van der Waals surface area contributed by atoms with Crippen LogP contribution in [0.2, 0.25) is 0 Å². The van der Waals surface area contributed by atoms with Crippen molar-refractivity contribution in [3.63, 3.8) is 0 Å². The quantitative estimate of drug-likeness (QED) is 0.543. The minimum Gasteiger partial charge on any atom is -0.507 e. The molecule has 35 heavy (non-hydrogen) atoms. The zero-order chi connectivity index (χ0) is 25.1. The van der Waals surface area contributed by atoms with E-state index in [1.165, 1.54) is 7.11 Å². The molecule has 0 fully saturated rings. The summed E-state index contributed by atoms with van der Waals surface area (Å²) in [6.45, 7) is 0.598. The molecule has 0 aliphatic heterocycles. The zero-order valence-corrected chi connectivity index (χ0v) is 20.8. The second-order valence-corrected chi connectivity index (χ2v) is 8.70. The fourth-order valence-electron chi connectivity index (χ4n) is 5.06. The van der Waals surface area contributed by atoms with Crippen LogP contribution in [0.1, 0.15) is 29.2 Å². The molecule has 2 atom stereocenters. The van der Waals surface area contributed by atoms with Gasteiger partial charge in [0.2, 0.25) is 11.2 Å². The maximum Gasteiger partial charge on any atom is 0.220 e. The Balaban J connectivity index is 1.96. The number of para-hydroxylation sites is 1. The van der Waals surface area contributed by atoms with Gasteiger partial charge in [0.05, 0.1) is 35.5 Å². The van der Waals surface area contributed by atoms with Crippen LogP contribution in [0.4, 0.5) is 0 Å². The molecule has 0 heterocycles. The predicted molar refractivity (Wildman–Crippen MR) is 134 cm³/mol. The summed E-state index contributed by atoms with van der Waals surface area (Å²) in [5.74, 6) is 2.22. The average Bonchev–Trinajstić information content (AvgIpc) is 3.11. The Labute approximate surface area is 205 Å². The monoisotopic (exact) mass is 478 g/mol. The lowest BCUT2D eigenvalue weighted by atomic mass is 9.95. The first-order chi connectivity index (χ1) is 16.9. The Hall–Kier alpha value is -3.71. The van der Waals surface area contributed by atoms with E-state index in [1.807, 2.05) is 30.3 Å². The number of aryl methyl sites for hydroxylation is 1. The van der Waals surface area contributed by atoms with Gasteiger partial charge in [-0.15, -0.1) is 0 Å². The molecule has 184 valence electrons. The van der Waals surface area contributed by atoms with Gasteiger partial charge >= 0.3 is 0 Å². The van der Waals surface area contributed by atoms with E-state index in [4.69, 9.17) is 18.9 Å². The second kappa shape index (κ2) is 10.3. The highest BCUT2D eigenvalue weighted by Crippen LogP contribution is 2.49. The van der Waals surface area contributed by atoms with Crippen molar-refractivity contribution in [3.8, 4) is 39.9 Å². The van der Waals surface area contributed by atoms with Gasteiger partial charge in [0.25, 0.3) is 0 Å². The van der Waals surface area contributed by atoms with Gasteiger partial charge in [-0.05, 0) is 53.9 Å². The zero-order valence-electron chi connectivity index (χ0n) is 20.8. The highest BCUT2D eigenvalue weighted by Gasteiger charge is 2.32. The molecule has 2 unspecified atom stereocenters. The van der Waals surface area contributed by atoms with Crippen molar-refractivity contribution in [3.05, 3.63) is 75.4 Å². The van der Waals surface area contributed by atoms with Crippen LogP contribution in [0, 0.1) is 0 Å². The smallest absolute Gasteiger partial charge is 0.220 e. The van der Waals surface area contributed by atoms with Crippen molar-refractivity contribution in [1.82, 2.24) is 0 Å². The van der Waals surface area contributed by atoms with Gasteiger partial charge in [-0.3, -0.25) is 4.79 Å². The van der Waals surface area contributed by atoms with Crippen molar-refractivity contribution >= 4 is 0 Å². The Morgan fingerprint density at radius 1 is 0.914 bits per heavy atom. The van der Waals surface area contributed by atoms with Crippen molar-refractivity contribution in [2.75, 3.05) is 35.5 Å². The van der Waals surface area contributed by atoms with Gasteiger partial charge in [-0.2, -0.15) is 0 Å². The molecular weight excluding hydrogens is 446 g/mol. The minimum atomic E-state index is -0.183. The normalized spacial score (nSPS) is 15.3. The summed E-state index contributed by atoms with van der Waals surface area (Å²) < 4.78 is 22.5. The standard InChI is InChI=1S/C28H31NO6/c1-29(16-18-8-6-7-9-22(18)30)21-12-10-17-14-25(33-3)27(34-4)28(35-5)26(17)19-11-13-24(32-2)23(31)15-20(19)21/h6-9,11,13-15,21,30H,10,12,16H2,1-5H3/p+1. The lowest BCUT2D eigenvalue weighted by Gasteiger charge is -2.25. The molecule has 4 rings (SSSR count). The summed E-state index contributed by atoms with van der Waals surface area (Å²) >= 11 is 0. The number of hydrogen-bond acceptors (Lipinski definition) is 6. The Bertz CT molecular complexity index is 1290. The van der Waals surface area contributed by atoms with Crippen molar-refractivity contribution < 1.29 is 29.0 Å². The fraction of sp³-hybridized carbons (Fsp3) is 0.321. The number of phenols is 1. The first-order valence-corrected chi connectivity index (χ1v) is 11.6.